The maximum absolute atomic E-state index is 6.33. The van der Waals surface area contributed by atoms with Gasteiger partial charge in [-0.2, -0.15) is 10.2 Å². The molecule has 0 saturated heterocycles. The molecule has 0 aliphatic rings. The van der Waals surface area contributed by atoms with Gasteiger partial charge < -0.3 is 11.5 Å². The van der Waals surface area contributed by atoms with Crippen LogP contribution in [-0.4, -0.2) is 25.2 Å². The zero-order chi connectivity index (χ0) is 18.3. The zero-order valence-corrected chi connectivity index (χ0v) is 14.7. The number of aliphatic imine (C=N–C) groups is 1. The van der Waals surface area contributed by atoms with Crippen LogP contribution < -0.4 is 11.5 Å². The largest absolute Gasteiger partial charge is 0.396 e. The lowest BCUT2D eigenvalue weighted by atomic mass is 10.1. The second-order valence-electron chi connectivity index (χ2n) is 5.88. The molecule has 1 aromatic carbocycles. The average Bonchev–Trinajstić information content (AvgIpc) is 3.23. The minimum absolute atomic E-state index is 0.259. The van der Waals surface area contributed by atoms with E-state index >= 15 is 0 Å². The molecule has 26 heavy (non-hydrogen) atoms. The highest BCUT2D eigenvalue weighted by atomic mass is 35.5. The first-order valence-corrected chi connectivity index (χ1v) is 8.25. The van der Waals surface area contributed by atoms with E-state index in [1.54, 1.807) is 33.7 Å². The Bertz CT molecular complexity index is 1140. The molecular formula is C18H16ClN7. The summed E-state index contributed by atoms with van der Waals surface area (Å²) in [5.74, 6) is 0.259. The lowest BCUT2D eigenvalue weighted by Crippen LogP contribution is -2.16. The summed E-state index contributed by atoms with van der Waals surface area (Å²) in [7, 11) is 1.87. The third-order valence-corrected chi connectivity index (χ3v) is 4.40. The third kappa shape index (κ3) is 2.78. The summed E-state index contributed by atoms with van der Waals surface area (Å²) in [5, 5.41) is 9.10. The third-order valence-electron chi connectivity index (χ3n) is 4.09. The van der Waals surface area contributed by atoms with Crippen molar-refractivity contribution in [1.29, 1.82) is 0 Å². The van der Waals surface area contributed by atoms with Gasteiger partial charge in [-0.05, 0) is 18.2 Å². The van der Waals surface area contributed by atoms with E-state index < -0.39 is 0 Å². The number of aryl methyl sites for hydroxylation is 1. The van der Waals surface area contributed by atoms with Gasteiger partial charge in [-0.1, -0.05) is 23.7 Å². The van der Waals surface area contributed by atoms with E-state index in [1.807, 2.05) is 37.6 Å². The van der Waals surface area contributed by atoms with Crippen LogP contribution in [0.25, 0.3) is 16.6 Å². The fraction of sp³-hybridized carbons (Fsp3) is 0.0556. The summed E-state index contributed by atoms with van der Waals surface area (Å²) < 4.78 is 3.46. The Morgan fingerprint density at radius 3 is 2.65 bits per heavy atom. The Labute approximate surface area is 154 Å². The molecule has 7 nitrogen and oxygen atoms in total. The lowest BCUT2D eigenvalue weighted by molar-refractivity contribution is 0.768. The molecule has 3 heterocycles. The quantitative estimate of drug-likeness (QED) is 0.430. The van der Waals surface area contributed by atoms with E-state index in [1.165, 1.54) is 0 Å². The monoisotopic (exact) mass is 365 g/mol. The second-order valence-corrected chi connectivity index (χ2v) is 6.29. The van der Waals surface area contributed by atoms with Crippen LogP contribution in [0.2, 0.25) is 5.02 Å². The fourth-order valence-electron chi connectivity index (χ4n) is 2.74. The number of aromatic nitrogens is 4. The van der Waals surface area contributed by atoms with Crippen molar-refractivity contribution in [2.24, 2.45) is 17.8 Å². The van der Waals surface area contributed by atoms with E-state index in [0.29, 0.717) is 22.0 Å². The van der Waals surface area contributed by atoms with Crippen LogP contribution in [0.5, 0.6) is 0 Å². The number of benzene rings is 1. The minimum Gasteiger partial charge on any atom is -0.396 e. The highest BCUT2D eigenvalue weighted by Gasteiger charge is 2.13. The number of nitrogens with zero attached hydrogens (tertiary/aromatic N) is 5. The number of rotatable bonds is 3. The summed E-state index contributed by atoms with van der Waals surface area (Å²) in [6.45, 7) is 0. The van der Waals surface area contributed by atoms with Gasteiger partial charge in [0.1, 0.15) is 5.84 Å². The molecule has 0 bridgehead atoms. The predicted octanol–water partition coefficient (Wildman–Crippen LogP) is 3.01. The van der Waals surface area contributed by atoms with Crippen LogP contribution in [0.15, 0.2) is 60.1 Å². The van der Waals surface area contributed by atoms with Gasteiger partial charge in [0.05, 0.1) is 39.9 Å². The van der Waals surface area contributed by atoms with Crippen molar-refractivity contribution in [2.75, 3.05) is 5.73 Å². The smallest absolute Gasteiger partial charge is 0.135 e. The fourth-order valence-corrected chi connectivity index (χ4v) is 2.92. The lowest BCUT2D eigenvalue weighted by Gasteiger charge is -2.07. The first kappa shape index (κ1) is 16.2. The van der Waals surface area contributed by atoms with Crippen LogP contribution >= 0.6 is 11.6 Å². The van der Waals surface area contributed by atoms with Crippen molar-refractivity contribution >= 4 is 34.3 Å². The highest BCUT2D eigenvalue weighted by molar-refractivity contribution is 6.33. The number of fused-ring (bicyclic) bond motifs is 1. The molecule has 0 aliphatic heterocycles. The van der Waals surface area contributed by atoms with Gasteiger partial charge in [-0.3, -0.25) is 4.68 Å². The molecule has 4 aromatic rings. The van der Waals surface area contributed by atoms with Gasteiger partial charge in [-0.25, -0.2) is 9.51 Å². The van der Waals surface area contributed by atoms with Crippen LogP contribution in [0.3, 0.4) is 0 Å². The maximum Gasteiger partial charge on any atom is 0.135 e. The number of nitrogens with two attached hydrogens (primary N) is 2. The van der Waals surface area contributed by atoms with Crippen LogP contribution in [-0.2, 0) is 7.05 Å². The summed E-state index contributed by atoms with van der Waals surface area (Å²) in [5.41, 5.74) is 16.8. The van der Waals surface area contributed by atoms with Gasteiger partial charge in [-0.15, -0.1) is 0 Å². The number of hydrogen-bond acceptors (Lipinski definition) is 4. The van der Waals surface area contributed by atoms with Gasteiger partial charge in [0.25, 0.3) is 0 Å². The standard InChI is InChI=1S/C18H16ClN7/c1-25-9-12(7-22-25)11-6-16-17(20)13(8-23-26(16)10-11)18(21)24-15-5-3-2-4-14(15)19/h2-10H,20H2,1H3,(H2,21,24). The van der Waals surface area contributed by atoms with Crippen LogP contribution in [0.1, 0.15) is 5.56 Å². The van der Waals surface area contributed by atoms with Crippen molar-refractivity contribution in [3.05, 3.63) is 65.7 Å². The molecule has 0 aliphatic carbocycles. The number of anilines is 1. The summed E-state index contributed by atoms with van der Waals surface area (Å²) in [6, 6.07) is 9.17. The Balaban J connectivity index is 1.79. The van der Waals surface area contributed by atoms with Gasteiger partial charge in [0, 0.05) is 30.6 Å². The minimum atomic E-state index is 0.259. The SMILES string of the molecule is Cn1cc(-c2cc3c(N)c(C(N)=Nc4ccccc4Cl)cnn3c2)cn1. The van der Waals surface area contributed by atoms with Crippen molar-refractivity contribution in [3.8, 4) is 11.1 Å². The second kappa shape index (κ2) is 6.20. The summed E-state index contributed by atoms with van der Waals surface area (Å²) in [6.07, 6.45) is 7.22. The number of nitrogen functional groups attached to an aromatic ring is 1. The molecule has 0 amide bonds. The average molecular weight is 366 g/mol. The van der Waals surface area contributed by atoms with Crippen LogP contribution in [0.4, 0.5) is 11.4 Å². The molecule has 4 rings (SSSR count). The normalized spacial score (nSPS) is 12.0. The molecule has 0 unspecified atom stereocenters. The number of para-hydroxylation sites is 1. The first-order chi connectivity index (χ1) is 12.5. The van der Waals surface area contributed by atoms with Gasteiger partial charge in [0.15, 0.2) is 0 Å². The zero-order valence-electron chi connectivity index (χ0n) is 14.0. The van der Waals surface area contributed by atoms with E-state index in [0.717, 1.165) is 16.6 Å². The Morgan fingerprint density at radius 2 is 1.92 bits per heavy atom. The molecule has 130 valence electrons. The molecule has 3 aromatic heterocycles. The van der Waals surface area contributed by atoms with Crippen molar-refractivity contribution < 1.29 is 0 Å². The van der Waals surface area contributed by atoms with Crippen molar-refractivity contribution in [3.63, 3.8) is 0 Å². The Morgan fingerprint density at radius 1 is 1.12 bits per heavy atom. The molecular weight excluding hydrogens is 350 g/mol. The van der Waals surface area contributed by atoms with Gasteiger partial charge >= 0.3 is 0 Å². The molecule has 0 saturated carbocycles. The van der Waals surface area contributed by atoms with E-state index in [9.17, 15) is 0 Å². The summed E-state index contributed by atoms with van der Waals surface area (Å²) in [4.78, 5) is 4.38. The number of hydrogen-bond donors (Lipinski definition) is 2. The molecule has 0 atom stereocenters. The molecule has 4 N–H and O–H groups in total. The molecule has 8 heteroatoms. The van der Waals surface area contributed by atoms with Gasteiger partial charge in [0.2, 0.25) is 0 Å². The van der Waals surface area contributed by atoms with E-state index in [2.05, 4.69) is 15.2 Å². The highest BCUT2D eigenvalue weighted by Crippen LogP contribution is 2.28. The maximum atomic E-state index is 6.33. The van der Waals surface area contributed by atoms with E-state index in [-0.39, 0.29) is 5.84 Å². The number of amidine groups is 1. The van der Waals surface area contributed by atoms with Crippen molar-refractivity contribution in [2.45, 2.75) is 0 Å². The molecule has 0 radical (unpaired) electrons. The van der Waals surface area contributed by atoms with Crippen molar-refractivity contribution in [1.82, 2.24) is 19.4 Å². The number of halogens is 1. The molecule has 0 spiro atoms. The Hall–Kier alpha value is -3.32. The topological polar surface area (TPSA) is 99.5 Å². The predicted molar refractivity (Wildman–Crippen MR) is 104 cm³/mol. The Kier molecular flexibility index (Phi) is 3.85. The summed E-state index contributed by atoms with van der Waals surface area (Å²) >= 11 is 6.14. The molecule has 0 fully saturated rings. The first-order valence-electron chi connectivity index (χ1n) is 7.88. The van der Waals surface area contributed by atoms with E-state index in [4.69, 9.17) is 23.1 Å². The van der Waals surface area contributed by atoms with Crippen LogP contribution in [0, 0.1) is 0 Å².